The molecule has 0 aromatic heterocycles. The van der Waals surface area contributed by atoms with Crippen LogP contribution < -0.4 is 10.0 Å². The van der Waals surface area contributed by atoms with Crippen LogP contribution in [-0.4, -0.2) is 26.6 Å². The summed E-state index contributed by atoms with van der Waals surface area (Å²) in [4.78, 5) is 11.1. The smallest absolute Gasteiger partial charge is 0.241 e. The van der Waals surface area contributed by atoms with Gasteiger partial charge in [0.1, 0.15) is 6.04 Å². The van der Waals surface area contributed by atoms with Crippen molar-refractivity contribution in [1.82, 2.24) is 0 Å². The minimum absolute atomic E-state index is 0.350. The van der Waals surface area contributed by atoms with Gasteiger partial charge >= 0.3 is 0 Å². The zero-order valence-electron chi connectivity index (χ0n) is 9.42. The molecule has 0 heterocycles. The van der Waals surface area contributed by atoms with E-state index in [1.807, 2.05) is 0 Å². The average molecular weight is 277 g/mol. The number of sulfonamides is 1. The van der Waals surface area contributed by atoms with Crippen LogP contribution in [0.4, 0.5) is 5.69 Å². The normalized spacial score (nSPS) is 13.1. The fourth-order valence-electron chi connectivity index (χ4n) is 1.41. The number of anilines is 1. The van der Waals surface area contributed by atoms with Crippen LogP contribution in [0.2, 0.25) is 5.02 Å². The van der Waals surface area contributed by atoms with E-state index in [2.05, 4.69) is 0 Å². The summed E-state index contributed by atoms with van der Waals surface area (Å²) in [5.74, 6) is -0.717. The second-order valence-electron chi connectivity index (χ2n) is 3.61. The van der Waals surface area contributed by atoms with Gasteiger partial charge in [-0.3, -0.25) is 9.10 Å². The fraction of sp³-hybridized carbons (Fsp3) is 0.300. The Morgan fingerprint density at radius 2 is 1.82 bits per heavy atom. The number of rotatable bonds is 4. The quantitative estimate of drug-likeness (QED) is 0.890. The Morgan fingerprint density at radius 1 is 1.35 bits per heavy atom. The molecule has 1 aromatic carbocycles. The van der Waals surface area contributed by atoms with Crippen LogP contribution in [0.3, 0.4) is 0 Å². The van der Waals surface area contributed by atoms with Crippen molar-refractivity contribution < 1.29 is 13.2 Å². The van der Waals surface area contributed by atoms with Crippen molar-refractivity contribution in [2.24, 2.45) is 5.73 Å². The highest BCUT2D eigenvalue weighted by Gasteiger charge is 2.27. The Hall–Kier alpha value is -1.27. The van der Waals surface area contributed by atoms with Gasteiger partial charge < -0.3 is 5.73 Å². The molecule has 0 radical (unpaired) electrons. The molecule has 0 aliphatic carbocycles. The van der Waals surface area contributed by atoms with Gasteiger partial charge in [-0.1, -0.05) is 11.6 Å². The molecule has 0 aliphatic heterocycles. The van der Waals surface area contributed by atoms with E-state index in [1.54, 1.807) is 12.1 Å². The summed E-state index contributed by atoms with van der Waals surface area (Å²) in [5, 5.41) is 0.480. The van der Waals surface area contributed by atoms with Crippen LogP contribution in [0, 0.1) is 0 Å². The van der Waals surface area contributed by atoms with Crippen molar-refractivity contribution in [3.8, 4) is 0 Å². The van der Waals surface area contributed by atoms with Crippen molar-refractivity contribution >= 4 is 33.2 Å². The number of carbonyl (C=O) groups excluding carboxylic acids is 1. The van der Waals surface area contributed by atoms with Crippen molar-refractivity contribution in [2.45, 2.75) is 13.0 Å². The number of carbonyl (C=O) groups is 1. The fourth-order valence-corrected chi connectivity index (χ4v) is 2.71. The minimum atomic E-state index is -3.59. The molecule has 17 heavy (non-hydrogen) atoms. The predicted octanol–water partition coefficient (Wildman–Crippen LogP) is 0.980. The zero-order valence-corrected chi connectivity index (χ0v) is 11.0. The lowest BCUT2D eigenvalue weighted by molar-refractivity contribution is -0.118. The van der Waals surface area contributed by atoms with E-state index < -0.39 is 22.0 Å². The summed E-state index contributed by atoms with van der Waals surface area (Å²) >= 11 is 5.71. The SMILES string of the molecule is C[C@H](C(N)=O)N(c1ccc(Cl)cc1)S(C)(=O)=O. The van der Waals surface area contributed by atoms with E-state index in [9.17, 15) is 13.2 Å². The van der Waals surface area contributed by atoms with Gasteiger partial charge in [0.2, 0.25) is 15.9 Å². The number of primary amides is 1. The molecule has 0 saturated carbocycles. The lowest BCUT2D eigenvalue weighted by Gasteiger charge is -2.26. The molecule has 1 amide bonds. The van der Waals surface area contributed by atoms with Gasteiger partial charge in [0.05, 0.1) is 11.9 Å². The van der Waals surface area contributed by atoms with Crippen molar-refractivity contribution in [2.75, 3.05) is 10.6 Å². The van der Waals surface area contributed by atoms with E-state index in [0.29, 0.717) is 10.7 Å². The van der Waals surface area contributed by atoms with Gasteiger partial charge in [0.15, 0.2) is 0 Å². The molecule has 2 N–H and O–H groups in total. The van der Waals surface area contributed by atoms with Crippen molar-refractivity contribution in [3.05, 3.63) is 29.3 Å². The second kappa shape index (κ2) is 4.93. The van der Waals surface area contributed by atoms with E-state index in [4.69, 9.17) is 17.3 Å². The van der Waals surface area contributed by atoms with E-state index in [0.717, 1.165) is 10.6 Å². The maximum absolute atomic E-state index is 11.6. The van der Waals surface area contributed by atoms with Gasteiger partial charge in [0, 0.05) is 5.02 Å². The lowest BCUT2D eigenvalue weighted by Crippen LogP contribution is -2.45. The van der Waals surface area contributed by atoms with Gasteiger partial charge in [-0.15, -0.1) is 0 Å². The summed E-state index contributed by atoms with van der Waals surface area (Å²) in [7, 11) is -3.59. The van der Waals surface area contributed by atoms with Gasteiger partial charge in [-0.25, -0.2) is 8.42 Å². The summed E-state index contributed by atoms with van der Waals surface area (Å²) in [6.45, 7) is 1.43. The Balaban J connectivity index is 3.25. The molecule has 1 atom stereocenters. The first kappa shape index (κ1) is 13.8. The Bertz CT molecular complexity index is 513. The standard InChI is InChI=1S/C10H13ClN2O3S/c1-7(10(12)14)13(17(2,15)16)9-5-3-8(11)4-6-9/h3-7H,1-2H3,(H2,12,14)/t7-/m1/s1. The number of nitrogens with zero attached hydrogens (tertiary/aromatic N) is 1. The third-order valence-electron chi connectivity index (χ3n) is 2.20. The molecule has 1 rings (SSSR count). The number of nitrogens with two attached hydrogens (primary N) is 1. The highest BCUT2D eigenvalue weighted by atomic mass is 35.5. The summed E-state index contributed by atoms with van der Waals surface area (Å²) in [5.41, 5.74) is 5.48. The third kappa shape index (κ3) is 3.34. The first-order valence-electron chi connectivity index (χ1n) is 4.78. The number of amides is 1. The van der Waals surface area contributed by atoms with E-state index in [-0.39, 0.29) is 0 Å². The number of benzene rings is 1. The highest BCUT2D eigenvalue weighted by molar-refractivity contribution is 7.92. The maximum Gasteiger partial charge on any atom is 0.241 e. The van der Waals surface area contributed by atoms with Crippen molar-refractivity contribution in [1.29, 1.82) is 0 Å². The molecule has 0 fully saturated rings. The van der Waals surface area contributed by atoms with Crippen molar-refractivity contribution in [3.63, 3.8) is 0 Å². The molecule has 7 heteroatoms. The molecule has 5 nitrogen and oxygen atoms in total. The molecule has 94 valence electrons. The lowest BCUT2D eigenvalue weighted by atomic mass is 10.2. The van der Waals surface area contributed by atoms with Gasteiger partial charge in [0.25, 0.3) is 0 Å². The summed E-state index contributed by atoms with van der Waals surface area (Å²) in [6, 6.07) is 5.17. The molecular formula is C10H13ClN2O3S. The van der Waals surface area contributed by atoms with E-state index >= 15 is 0 Å². The molecular weight excluding hydrogens is 264 g/mol. The highest BCUT2D eigenvalue weighted by Crippen LogP contribution is 2.22. The zero-order chi connectivity index (χ0) is 13.2. The van der Waals surface area contributed by atoms with Crippen LogP contribution in [0.5, 0.6) is 0 Å². The first-order chi connectivity index (χ1) is 7.73. The molecule has 0 spiro atoms. The predicted molar refractivity (Wildman–Crippen MR) is 67.4 cm³/mol. The van der Waals surface area contributed by atoms with Crippen LogP contribution in [-0.2, 0) is 14.8 Å². The summed E-state index contributed by atoms with van der Waals surface area (Å²) < 4.78 is 24.3. The largest absolute Gasteiger partial charge is 0.368 e. The third-order valence-corrected chi connectivity index (χ3v) is 3.70. The monoisotopic (exact) mass is 276 g/mol. The Labute approximate surface area is 105 Å². The molecule has 0 saturated heterocycles. The molecule has 0 aliphatic rings. The first-order valence-corrected chi connectivity index (χ1v) is 7.00. The van der Waals surface area contributed by atoms with Crippen LogP contribution in [0.1, 0.15) is 6.92 Å². The summed E-state index contributed by atoms with van der Waals surface area (Å²) in [6.07, 6.45) is 1.01. The second-order valence-corrected chi connectivity index (χ2v) is 5.91. The number of hydrogen-bond donors (Lipinski definition) is 1. The minimum Gasteiger partial charge on any atom is -0.368 e. The number of halogens is 1. The van der Waals surface area contributed by atoms with Gasteiger partial charge in [-0.05, 0) is 31.2 Å². The average Bonchev–Trinajstić information content (AvgIpc) is 2.19. The van der Waals surface area contributed by atoms with Gasteiger partial charge in [-0.2, -0.15) is 0 Å². The number of hydrogen-bond acceptors (Lipinski definition) is 3. The molecule has 1 aromatic rings. The maximum atomic E-state index is 11.6. The molecule has 0 unspecified atom stereocenters. The van der Waals surface area contributed by atoms with Crippen LogP contribution in [0.25, 0.3) is 0 Å². The van der Waals surface area contributed by atoms with E-state index in [1.165, 1.54) is 19.1 Å². The Kier molecular flexibility index (Phi) is 4.00. The van der Waals surface area contributed by atoms with Crippen LogP contribution in [0.15, 0.2) is 24.3 Å². The Morgan fingerprint density at radius 3 is 2.18 bits per heavy atom. The topological polar surface area (TPSA) is 80.5 Å². The van der Waals surface area contributed by atoms with Crippen LogP contribution >= 0.6 is 11.6 Å². The molecule has 0 bridgehead atoms.